The Bertz CT molecular complexity index is 4960. The van der Waals surface area contributed by atoms with E-state index in [0.717, 1.165) is 161 Å². The second-order valence-corrected chi connectivity index (χ2v) is 37.2. The number of H-pyrrole nitrogens is 1. The van der Waals surface area contributed by atoms with Gasteiger partial charge in [-0.15, -0.1) is 0 Å². The van der Waals surface area contributed by atoms with Crippen LogP contribution in [0.3, 0.4) is 0 Å². The lowest BCUT2D eigenvalue weighted by molar-refractivity contribution is 0.192. The average molecular weight is 1640 g/mol. The monoisotopic (exact) mass is 1640 g/mol. The molecule has 0 bridgehead atoms. The Morgan fingerprint density at radius 2 is 0.786 bits per heavy atom. The van der Waals surface area contributed by atoms with Crippen molar-refractivity contribution < 1.29 is 0 Å². The molecule has 7 aromatic heterocycles. The first kappa shape index (κ1) is 82.6. The van der Waals surface area contributed by atoms with Gasteiger partial charge in [0.25, 0.3) is 22.2 Å². The Hall–Kier alpha value is -7.39. The highest BCUT2D eigenvalue weighted by Gasteiger charge is 2.48. The van der Waals surface area contributed by atoms with Crippen molar-refractivity contribution >= 4 is 111 Å². The molecule has 0 unspecified atom stereocenters. The van der Waals surface area contributed by atoms with E-state index in [1.54, 1.807) is 77.8 Å². The number of hydrogen-bond donors (Lipinski definition) is 8. The van der Waals surface area contributed by atoms with Crippen LogP contribution in [0.4, 0.5) is 41.2 Å². The number of rotatable bonds is 12. The predicted molar refractivity (Wildman–Crippen MR) is 454 cm³/mol. The van der Waals surface area contributed by atoms with E-state index in [1.165, 1.54) is 92.0 Å². The molecular formula is C80H108Cl2N22O4S4. The van der Waals surface area contributed by atoms with Crippen LogP contribution in [-0.2, 0) is 21.1 Å². The van der Waals surface area contributed by atoms with Crippen LogP contribution in [0.2, 0.25) is 10.0 Å². The van der Waals surface area contributed by atoms with E-state index in [9.17, 15) is 19.2 Å². The first-order valence-corrected chi connectivity index (χ1v) is 43.2. The molecule has 4 aliphatic carbocycles. The molecule has 0 amide bonds. The number of benzene rings is 1. The predicted octanol–water partition coefficient (Wildman–Crippen LogP) is 11.5. The number of halogens is 2. The van der Waals surface area contributed by atoms with Gasteiger partial charge in [-0.3, -0.25) is 52.8 Å². The van der Waals surface area contributed by atoms with Gasteiger partial charge in [-0.2, -0.15) is 15.0 Å². The van der Waals surface area contributed by atoms with E-state index in [-0.39, 0.29) is 68.0 Å². The second kappa shape index (κ2) is 35.0. The Morgan fingerprint density at radius 3 is 1.12 bits per heavy atom. The maximum absolute atomic E-state index is 13.1. The zero-order chi connectivity index (χ0) is 79.6. The van der Waals surface area contributed by atoms with Crippen molar-refractivity contribution in [1.82, 2.24) is 53.6 Å². The maximum atomic E-state index is 13.1. The van der Waals surface area contributed by atoms with Crippen LogP contribution in [0.25, 0.3) is 0 Å². The fraction of sp³-hybridized carbons (Fsp3) is 0.537. The summed E-state index contributed by atoms with van der Waals surface area (Å²) >= 11 is 17.6. The summed E-state index contributed by atoms with van der Waals surface area (Å²) in [4.78, 5) is 99.8. The van der Waals surface area contributed by atoms with Crippen LogP contribution in [-0.4, -0.2) is 130 Å². The third-order valence-electron chi connectivity index (χ3n) is 25.5. The third kappa shape index (κ3) is 17.4. The van der Waals surface area contributed by atoms with Crippen molar-refractivity contribution in [2.75, 3.05) is 89.2 Å². The van der Waals surface area contributed by atoms with Crippen molar-refractivity contribution in [3.63, 3.8) is 0 Å². The zero-order valence-corrected chi connectivity index (χ0v) is 70.1. The molecular weight excluding hydrogens is 1530 g/mol. The number of piperidine rings is 4. The minimum absolute atomic E-state index is 0.0962. The number of nitrogens with one attached hydrogen (secondary N) is 1. The normalized spacial score (nSPS) is 22.1. The van der Waals surface area contributed by atoms with Crippen LogP contribution >= 0.6 is 70.2 Å². The van der Waals surface area contributed by atoms with E-state index in [0.29, 0.717) is 81.7 Å². The van der Waals surface area contributed by atoms with Crippen molar-refractivity contribution in [2.45, 2.75) is 213 Å². The Kier molecular flexibility index (Phi) is 25.8. The summed E-state index contributed by atoms with van der Waals surface area (Å²) in [6.45, 7) is 15.0. The average Bonchev–Trinajstić information content (AvgIpc) is 1.55. The van der Waals surface area contributed by atoms with Gasteiger partial charge in [0.1, 0.15) is 32.1 Å². The first-order chi connectivity index (χ1) is 53.6. The topological polar surface area (TPSA) is 384 Å². The fourth-order valence-corrected chi connectivity index (χ4v) is 22.5. The van der Waals surface area contributed by atoms with E-state index in [4.69, 9.17) is 63.3 Å². The molecule has 32 heteroatoms. The quantitative estimate of drug-likeness (QED) is 0.0563. The lowest BCUT2D eigenvalue weighted by atomic mass is 9.74. The Balaban J connectivity index is 0.000000131. The van der Waals surface area contributed by atoms with Gasteiger partial charge in [-0.25, -0.2) is 4.98 Å². The Labute approximate surface area is 682 Å². The second-order valence-electron chi connectivity index (χ2n) is 32.1. The number of aromatic amines is 1. The van der Waals surface area contributed by atoms with E-state index >= 15 is 0 Å². The van der Waals surface area contributed by atoms with Crippen LogP contribution in [0.1, 0.15) is 146 Å². The highest BCUT2D eigenvalue weighted by Crippen LogP contribution is 2.51. The standard InChI is InChI=1S/C21H30N6OS.C20H25Cl2N5OS.C20H28N6OS.C19H25N5OS/c1-13-11-16(22)21(12-13)6-9-27(10-7-21)20-25-18(23)17(19(28)26(20)3)29-15-5-4-8-24-14(15)2;1-26-18(28)16(29-13-5-2-4-12(21)15(13)22)17(24)25-19(26)27-10-8-20(9-11-27)7-3-6-14(20)23;1-13-14(5-4-10-23-13)28-16-17(22)24-19(25(2)18(16)27)26-11-8-20(9-12-26)7-3-6-15(20)21;1-13-14(4-3-9-21-13)26-15-12-22-18(23-17(15)25)24-10-7-19(8-11-24)6-2-5-16(19)20/h4-5,8,13,16H,6-7,9-12,22-23H2,1-3H3;2,4-5,14H,3,6-11,23-24H2,1H3;4-5,10,15H,3,6-9,11-12,21-22H2,1-2H3;3-4,9,12,16H,2,5-8,10-11,20H2,1H3,(H,22,23,25)/t13-,16+;14-;15-;16-/m0111/s1. The Morgan fingerprint density at radius 1 is 0.438 bits per heavy atom. The molecule has 4 aliphatic heterocycles. The number of nitrogens with two attached hydrogens (primary N) is 7. The zero-order valence-electron chi connectivity index (χ0n) is 65.3. The van der Waals surface area contributed by atoms with Gasteiger partial charge in [0, 0.05) is 136 Å². The fourth-order valence-electron chi connectivity index (χ4n) is 18.4. The van der Waals surface area contributed by atoms with Crippen molar-refractivity contribution in [3.8, 4) is 0 Å². The number of aryl methyl sites for hydroxylation is 3. The molecule has 112 heavy (non-hydrogen) atoms. The molecule has 5 atom stereocenters. The molecule has 8 fully saturated rings. The molecule has 8 aliphatic rings. The number of nitrogens with zero attached hydrogens (tertiary/aromatic N) is 14. The molecule has 11 heterocycles. The minimum atomic E-state index is -0.189. The summed E-state index contributed by atoms with van der Waals surface area (Å²) in [6, 6.07) is 17.9. The number of pyridine rings is 3. The summed E-state index contributed by atoms with van der Waals surface area (Å²) < 4.78 is 4.82. The highest BCUT2D eigenvalue weighted by molar-refractivity contribution is 8.00. The highest BCUT2D eigenvalue weighted by atomic mass is 35.5. The lowest BCUT2D eigenvalue weighted by Crippen LogP contribution is -2.48. The molecule has 4 saturated carbocycles. The van der Waals surface area contributed by atoms with Crippen molar-refractivity contribution in [3.05, 3.63) is 148 Å². The SMILES string of the molecule is Cc1ncccc1Sc1c(N)nc(N2CCC3(CC2)C[C@@H](C)C[C@H]3N)n(C)c1=O.Cc1ncccc1Sc1c(N)nc(N2CCC3(CCC[C@H]3N)CC2)n(C)c1=O.Cc1ncccc1Sc1cnc(N2CCC3(CCC[C@H]3N)CC2)[nH]c1=O.Cn1c(N2CCC3(CCC[C@H]3N)CC2)nc(N)c(Sc2cccc(Cl)c2Cl)c1=O. The molecule has 4 saturated heterocycles. The van der Waals surface area contributed by atoms with Gasteiger partial charge in [0.2, 0.25) is 23.8 Å². The van der Waals surface area contributed by atoms with E-state index in [1.807, 2.05) is 57.2 Å². The van der Waals surface area contributed by atoms with Crippen molar-refractivity contribution in [1.29, 1.82) is 0 Å². The van der Waals surface area contributed by atoms with E-state index in [2.05, 4.69) is 66.4 Å². The largest absolute Gasteiger partial charge is 0.382 e. The maximum Gasteiger partial charge on any atom is 0.270 e. The third-order valence-corrected chi connectivity index (χ3v) is 31.2. The van der Waals surface area contributed by atoms with Gasteiger partial charge >= 0.3 is 0 Å². The van der Waals surface area contributed by atoms with Gasteiger partial charge in [0.05, 0.1) is 38.2 Å². The number of aromatic nitrogens is 11. The molecule has 15 N–H and O–H groups in total. The molecule has 4 spiro atoms. The van der Waals surface area contributed by atoms with Crippen molar-refractivity contribution in [2.24, 2.45) is 71.7 Å². The summed E-state index contributed by atoms with van der Waals surface area (Å²) in [6.07, 6.45) is 28.4. The van der Waals surface area contributed by atoms with Gasteiger partial charge < -0.3 is 59.7 Å². The van der Waals surface area contributed by atoms with Gasteiger partial charge in [0.15, 0.2) is 0 Å². The van der Waals surface area contributed by atoms with Crippen LogP contribution in [0.5, 0.6) is 0 Å². The smallest absolute Gasteiger partial charge is 0.270 e. The molecule has 26 nitrogen and oxygen atoms in total. The number of nitrogen functional groups attached to an aromatic ring is 3. The summed E-state index contributed by atoms with van der Waals surface area (Å²) in [5.41, 5.74) is 47.5. The summed E-state index contributed by atoms with van der Waals surface area (Å²) in [7, 11) is 5.29. The molecule has 16 rings (SSSR count). The van der Waals surface area contributed by atoms with Crippen LogP contribution < -0.4 is 82.0 Å². The van der Waals surface area contributed by atoms with Gasteiger partial charge in [-0.05, 0) is 200 Å². The number of hydrogen-bond acceptors (Lipinski definition) is 26. The van der Waals surface area contributed by atoms with Gasteiger partial charge in [-0.1, -0.05) is 103 Å². The number of anilines is 7. The molecule has 0 radical (unpaired) electrons. The van der Waals surface area contributed by atoms with Crippen LogP contribution in [0.15, 0.2) is 138 Å². The molecule has 8 aromatic rings. The molecule has 1 aromatic carbocycles. The van der Waals surface area contributed by atoms with Crippen LogP contribution in [0, 0.1) is 48.3 Å². The molecule has 600 valence electrons. The first-order valence-electron chi connectivity index (χ1n) is 39.2. The van der Waals surface area contributed by atoms with E-state index < -0.39 is 0 Å². The summed E-state index contributed by atoms with van der Waals surface area (Å²) in [5, 5.41) is 0.836. The minimum Gasteiger partial charge on any atom is -0.382 e. The lowest BCUT2D eigenvalue weighted by Gasteiger charge is -2.42. The summed E-state index contributed by atoms with van der Waals surface area (Å²) in [5.74, 6) is 4.04.